The molecule has 1 aliphatic heterocycles. The number of nitrogens with zero attached hydrogens (tertiary/aromatic N) is 4. The number of piperidine rings is 1. The van der Waals surface area contributed by atoms with Crippen LogP contribution in [0.3, 0.4) is 0 Å². The molecule has 11 nitrogen and oxygen atoms in total. The number of carbonyl (C=O) groups excluding carboxylic acids is 3. The van der Waals surface area contributed by atoms with Gasteiger partial charge in [0.25, 0.3) is 5.91 Å². The van der Waals surface area contributed by atoms with Crippen LogP contribution in [0.5, 0.6) is 0 Å². The number of hydrogen-bond donors (Lipinski definition) is 4. The first kappa shape index (κ1) is 25.1. The number of nitrogens with one attached hydrogen (secondary N) is 2. The Hall–Kier alpha value is -4.56. The van der Waals surface area contributed by atoms with Crippen LogP contribution in [0.4, 0.5) is 21.9 Å². The number of carbonyl (C=O) groups is 3. The maximum absolute atomic E-state index is 13.5. The molecule has 1 saturated heterocycles. The summed E-state index contributed by atoms with van der Waals surface area (Å²) in [6.07, 6.45) is 7.66. The van der Waals surface area contributed by atoms with Gasteiger partial charge in [-0.3, -0.25) is 14.6 Å². The molecule has 1 heterocycles. The molecular weight excluding hydrogens is 448 g/mol. The molecule has 0 atom stereocenters. The minimum atomic E-state index is -1.16. The zero-order valence-corrected chi connectivity index (χ0v) is 19.3. The first-order valence-corrected chi connectivity index (χ1v) is 10.8. The lowest BCUT2D eigenvalue weighted by molar-refractivity contribution is -0.129. The number of likely N-dealkylation sites (N-methyl/N-ethyl adjacent to an activating group) is 1. The third kappa shape index (κ3) is 5.69. The molecular formula is C24H28N8O3. The monoisotopic (exact) mass is 476 g/mol. The number of anilines is 3. The van der Waals surface area contributed by atoms with Crippen molar-refractivity contribution in [2.75, 3.05) is 35.4 Å². The van der Waals surface area contributed by atoms with E-state index in [1.165, 1.54) is 16.2 Å². The quantitative estimate of drug-likeness (QED) is 0.117. The Balaban J connectivity index is 1.71. The molecule has 2 aromatic carbocycles. The van der Waals surface area contributed by atoms with Gasteiger partial charge in [-0.25, -0.2) is 10.6 Å². The predicted molar refractivity (Wildman–Crippen MR) is 135 cm³/mol. The summed E-state index contributed by atoms with van der Waals surface area (Å²) in [6.45, 7) is 0.537. The first-order valence-electron chi connectivity index (χ1n) is 10.8. The second-order valence-electron chi connectivity index (χ2n) is 8.04. The Morgan fingerprint density at radius 3 is 2.51 bits per heavy atom. The van der Waals surface area contributed by atoms with E-state index in [0.717, 1.165) is 0 Å². The summed E-state index contributed by atoms with van der Waals surface area (Å²) >= 11 is 0. The highest BCUT2D eigenvalue weighted by Gasteiger charge is 2.44. The Kier molecular flexibility index (Phi) is 7.91. The first-order chi connectivity index (χ1) is 16.8. The van der Waals surface area contributed by atoms with Crippen LogP contribution in [-0.4, -0.2) is 55.3 Å². The van der Waals surface area contributed by atoms with Gasteiger partial charge in [-0.15, -0.1) is 6.42 Å². The molecule has 6 N–H and O–H groups in total. The van der Waals surface area contributed by atoms with Crippen LogP contribution in [-0.2, 0) is 9.59 Å². The topological polar surface area (TPSA) is 149 Å². The number of amides is 4. The predicted octanol–water partition coefficient (Wildman–Crippen LogP) is 1.03. The minimum absolute atomic E-state index is 0.245. The van der Waals surface area contributed by atoms with Crippen LogP contribution in [0.2, 0.25) is 0 Å². The Labute approximate surface area is 203 Å². The second kappa shape index (κ2) is 11.0. The maximum Gasteiger partial charge on any atom is 0.321 e. The molecule has 1 fully saturated rings. The molecule has 0 radical (unpaired) electrons. The van der Waals surface area contributed by atoms with Crippen LogP contribution in [0.25, 0.3) is 0 Å². The summed E-state index contributed by atoms with van der Waals surface area (Å²) in [4.78, 5) is 40.8. The number of likely N-dealkylation sites (tertiary alicyclic amines) is 1. The number of rotatable bonds is 7. The fourth-order valence-electron chi connectivity index (χ4n) is 3.95. The van der Waals surface area contributed by atoms with Crippen molar-refractivity contribution in [1.82, 2.24) is 10.2 Å². The van der Waals surface area contributed by atoms with Gasteiger partial charge in [-0.05, 0) is 49.2 Å². The average molecular weight is 477 g/mol. The Morgan fingerprint density at radius 2 is 1.86 bits per heavy atom. The number of terminal acetylenes is 1. The summed E-state index contributed by atoms with van der Waals surface area (Å²) < 4.78 is 0. The van der Waals surface area contributed by atoms with E-state index in [1.54, 1.807) is 60.5 Å². The van der Waals surface area contributed by atoms with Gasteiger partial charge in [0.15, 0.2) is 0 Å². The van der Waals surface area contributed by atoms with E-state index in [0.29, 0.717) is 29.0 Å². The number of hydrogen-bond acceptors (Lipinski definition) is 6. The van der Waals surface area contributed by atoms with Crippen molar-refractivity contribution in [3.05, 3.63) is 54.1 Å². The van der Waals surface area contributed by atoms with Crippen LogP contribution < -0.4 is 32.2 Å². The fourth-order valence-corrected chi connectivity index (χ4v) is 3.95. The Morgan fingerprint density at radius 1 is 1.17 bits per heavy atom. The van der Waals surface area contributed by atoms with Crippen LogP contribution >= 0.6 is 0 Å². The van der Waals surface area contributed by atoms with Crippen molar-refractivity contribution in [2.45, 2.75) is 18.4 Å². The van der Waals surface area contributed by atoms with Crippen molar-refractivity contribution in [3.8, 4) is 12.3 Å². The minimum Gasteiger partial charge on any atom is -0.344 e. The molecule has 3 rings (SSSR count). The van der Waals surface area contributed by atoms with Gasteiger partial charge in [-0.1, -0.05) is 18.1 Å². The summed E-state index contributed by atoms with van der Waals surface area (Å²) in [6, 6.07) is 13.6. The Bertz CT molecular complexity index is 1150. The fraction of sp³-hybridized carbons (Fsp3) is 0.250. The SMILES string of the molecule is C#Cc1cccc(NC(=O)N2CCC(NC=O)(C(=O)N(C)c3cccc(N(N)/C=N\N)c3)CC2)c1. The van der Waals surface area contributed by atoms with E-state index in [4.69, 9.17) is 18.1 Å². The standard InChI is InChI=1S/C24H28N8O3/c1-3-18-6-4-7-19(14-18)29-23(35)31-12-10-24(11-13-31,27-17-33)22(34)30(2)20-8-5-9-21(15-20)32(26)16-28-25/h1,4-9,14-17H,10-13,25-26H2,2H3,(H,27,33)(H,29,35)/b28-16-. The number of hydrazone groups is 1. The number of urea groups is 1. The smallest absolute Gasteiger partial charge is 0.321 e. The molecule has 0 unspecified atom stereocenters. The normalized spacial score (nSPS) is 14.6. The van der Waals surface area contributed by atoms with E-state index in [2.05, 4.69) is 21.7 Å². The molecule has 0 spiro atoms. The highest BCUT2D eigenvalue weighted by Crippen LogP contribution is 2.28. The van der Waals surface area contributed by atoms with E-state index in [-0.39, 0.29) is 37.9 Å². The largest absolute Gasteiger partial charge is 0.344 e. The highest BCUT2D eigenvalue weighted by atomic mass is 16.2. The van der Waals surface area contributed by atoms with Gasteiger partial charge in [0.2, 0.25) is 6.41 Å². The maximum atomic E-state index is 13.5. The zero-order valence-electron chi connectivity index (χ0n) is 19.3. The van der Waals surface area contributed by atoms with Gasteiger partial charge >= 0.3 is 6.03 Å². The molecule has 0 aromatic heterocycles. The molecule has 0 saturated carbocycles. The lowest BCUT2D eigenvalue weighted by Gasteiger charge is -2.42. The van der Waals surface area contributed by atoms with Gasteiger partial charge < -0.3 is 26.3 Å². The summed E-state index contributed by atoms with van der Waals surface area (Å²) in [5.74, 6) is 13.2. The van der Waals surface area contributed by atoms with Crippen molar-refractivity contribution in [2.24, 2.45) is 16.8 Å². The average Bonchev–Trinajstić information content (AvgIpc) is 2.88. The highest BCUT2D eigenvalue weighted by molar-refractivity contribution is 6.01. The zero-order chi connectivity index (χ0) is 25.4. The summed E-state index contributed by atoms with van der Waals surface area (Å²) in [7, 11) is 1.62. The summed E-state index contributed by atoms with van der Waals surface area (Å²) in [5, 5.41) is 10.1. The van der Waals surface area contributed by atoms with Crippen LogP contribution in [0, 0.1) is 12.3 Å². The van der Waals surface area contributed by atoms with Gasteiger partial charge in [0.1, 0.15) is 11.9 Å². The van der Waals surface area contributed by atoms with Crippen molar-refractivity contribution < 1.29 is 14.4 Å². The number of nitrogens with two attached hydrogens (primary N) is 2. The molecule has 0 aliphatic carbocycles. The van der Waals surface area contributed by atoms with Gasteiger partial charge in [0, 0.05) is 37.1 Å². The lowest BCUT2D eigenvalue weighted by Crippen LogP contribution is -2.62. The molecule has 1 aliphatic rings. The van der Waals surface area contributed by atoms with Crippen molar-refractivity contribution in [1.29, 1.82) is 0 Å². The van der Waals surface area contributed by atoms with Crippen LogP contribution in [0.1, 0.15) is 18.4 Å². The number of hydrazine groups is 1. The van der Waals surface area contributed by atoms with E-state index < -0.39 is 5.54 Å². The molecule has 4 amide bonds. The lowest BCUT2D eigenvalue weighted by atomic mass is 9.86. The van der Waals surface area contributed by atoms with E-state index in [9.17, 15) is 14.4 Å². The molecule has 182 valence electrons. The third-order valence-electron chi connectivity index (χ3n) is 5.94. The number of benzene rings is 2. The molecule has 2 aromatic rings. The molecule has 35 heavy (non-hydrogen) atoms. The van der Waals surface area contributed by atoms with Gasteiger partial charge in [0.05, 0.1) is 5.69 Å². The molecule has 11 heteroatoms. The van der Waals surface area contributed by atoms with Crippen molar-refractivity contribution in [3.63, 3.8) is 0 Å². The third-order valence-corrected chi connectivity index (χ3v) is 5.94. The van der Waals surface area contributed by atoms with E-state index >= 15 is 0 Å². The van der Waals surface area contributed by atoms with Gasteiger partial charge in [-0.2, -0.15) is 5.10 Å². The van der Waals surface area contributed by atoms with Crippen LogP contribution in [0.15, 0.2) is 53.6 Å². The van der Waals surface area contributed by atoms with E-state index in [1.807, 2.05) is 0 Å². The molecule has 0 bridgehead atoms. The second-order valence-corrected chi connectivity index (χ2v) is 8.04. The summed E-state index contributed by atoms with van der Waals surface area (Å²) in [5.41, 5.74) is 1.20. The van der Waals surface area contributed by atoms with Crippen molar-refractivity contribution >= 4 is 41.7 Å².